The summed E-state index contributed by atoms with van der Waals surface area (Å²) >= 11 is 0. The van der Waals surface area contributed by atoms with E-state index in [1.165, 1.54) is 31.2 Å². The Kier molecular flexibility index (Phi) is 10.4. The van der Waals surface area contributed by atoms with Crippen LogP contribution in [0.15, 0.2) is 30.3 Å². The predicted molar refractivity (Wildman–Crippen MR) is 108 cm³/mol. The normalized spacial score (nSPS) is 21.7. The third-order valence-electron chi connectivity index (χ3n) is 5.15. The van der Waals surface area contributed by atoms with Crippen LogP contribution in [0.2, 0.25) is 0 Å². The summed E-state index contributed by atoms with van der Waals surface area (Å²) in [4.78, 5) is 14.7. The number of hydrogen-bond acceptors (Lipinski definition) is 3. The lowest BCUT2D eigenvalue weighted by Crippen LogP contribution is -2.48. The van der Waals surface area contributed by atoms with E-state index >= 15 is 0 Å². The molecular weight excluding hydrogens is 357 g/mol. The minimum absolute atomic E-state index is 0. The van der Waals surface area contributed by atoms with Crippen molar-refractivity contribution in [1.82, 2.24) is 15.5 Å². The Morgan fingerprint density at radius 3 is 2.44 bits per heavy atom. The Hall–Kier alpha value is -0.810. The minimum Gasteiger partial charge on any atom is -0.354 e. The molecule has 142 valence electrons. The van der Waals surface area contributed by atoms with Gasteiger partial charge in [-0.25, -0.2) is 0 Å². The van der Waals surface area contributed by atoms with Crippen LogP contribution in [0.25, 0.3) is 0 Å². The van der Waals surface area contributed by atoms with Gasteiger partial charge in [0.05, 0.1) is 6.04 Å². The van der Waals surface area contributed by atoms with Crippen molar-refractivity contribution < 1.29 is 4.79 Å². The Morgan fingerprint density at radius 1 is 1.08 bits per heavy atom. The second-order valence-electron chi connectivity index (χ2n) is 6.95. The lowest BCUT2D eigenvalue weighted by molar-refractivity contribution is -0.123. The van der Waals surface area contributed by atoms with Crippen molar-refractivity contribution >= 4 is 30.7 Å². The van der Waals surface area contributed by atoms with Crippen LogP contribution in [0.3, 0.4) is 0 Å². The summed E-state index contributed by atoms with van der Waals surface area (Å²) in [6, 6.07) is 10.7. The maximum atomic E-state index is 12.2. The Morgan fingerprint density at radius 2 is 1.80 bits per heavy atom. The molecule has 0 unspecified atom stereocenters. The Balaban J connectivity index is 0.00000156. The standard InChI is InChI=1S/C19H29N3O.2ClH/c23-19(18-8-4-5-11-20-18)21-14-16-9-12-22(13-10-16)15-17-6-2-1-3-7-17;;/h1-3,6-7,16,18,20H,4-5,8-15H2,(H,21,23);2*1H/t18-;;/m1../s1. The number of carbonyl (C=O) groups excluding carboxylic acids is 1. The number of amides is 1. The van der Waals surface area contributed by atoms with Crippen molar-refractivity contribution in [2.24, 2.45) is 5.92 Å². The lowest BCUT2D eigenvalue weighted by Gasteiger charge is -2.32. The lowest BCUT2D eigenvalue weighted by atomic mass is 9.96. The first-order valence-corrected chi connectivity index (χ1v) is 9.08. The van der Waals surface area contributed by atoms with Gasteiger partial charge in [-0.2, -0.15) is 0 Å². The summed E-state index contributed by atoms with van der Waals surface area (Å²) in [5, 5.41) is 6.49. The second kappa shape index (κ2) is 11.7. The third-order valence-corrected chi connectivity index (χ3v) is 5.15. The van der Waals surface area contributed by atoms with Crippen LogP contribution < -0.4 is 10.6 Å². The molecule has 1 amide bonds. The molecule has 0 aliphatic carbocycles. The zero-order valence-electron chi connectivity index (χ0n) is 14.8. The van der Waals surface area contributed by atoms with Gasteiger partial charge in [-0.1, -0.05) is 36.8 Å². The fourth-order valence-corrected chi connectivity index (χ4v) is 3.63. The molecule has 25 heavy (non-hydrogen) atoms. The van der Waals surface area contributed by atoms with Gasteiger partial charge in [-0.15, -0.1) is 24.8 Å². The molecule has 3 rings (SSSR count). The first-order valence-electron chi connectivity index (χ1n) is 9.08. The zero-order chi connectivity index (χ0) is 15.9. The molecule has 0 bridgehead atoms. The maximum absolute atomic E-state index is 12.2. The quantitative estimate of drug-likeness (QED) is 0.815. The summed E-state index contributed by atoms with van der Waals surface area (Å²) in [5.74, 6) is 0.839. The molecule has 2 fully saturated rings. The number of nitrogens with zero attached hydrogens (tertiary/aromatic N) is 1. The highest BCUT2D eigenvalue weighted by Crippen LogP contribution is 2.18. The molecule has 0 spiro atoms. The van der Waals surface area contributed by atoms with Crippen LogP contribution in [0.5, 0.6) is 0 Å². The van der Waals surface area contributed by atoms with Crippen LogP contribution in [0, 0.1) is 5.92 Å². The van der Waals surface area contributed by atoms with Crippen molar-refractivity contribution in [3.8, 4) is 0 Å². The topological polar surface area (TPSA) is 44.4 Å². The van der Waals surface area contributed by atoms with E-state index in [4.69, 9.17) is 0 Å². The highest BCUT2D eigenvalue weighted by molar-refractivity contribution is 5.85. The summed E-state index contributed by atoms with van der Waals surface area (Å²) in [6.07, 6.45) is 5.73. The van der Waals surface area contributed by atoms with Gasteiger partial charge in [0.25, 0.3) is 0 Å². The van der Waals surface area contributed by atoms with Crippen LogP contribution in [0.1, 0.15) is 37.7 Å². The summed E-state index contributed by atoms with van der Waals surface area (Å²) in [7, 11) is 0. The summed E-state index contributed by atoms with van der Waals surface area (Å²) in [6.45, 7) is 5.15. The van der Waals surface area contributed by atoms with Gasteiger partial charge in [0, 0.05) is 13.1 Å². The molecule has 0 aromatic heterocycles. The van der Waals surface area contributed by atoms with E-state index in [0.29, 0.717) is 5.92 Å². The van der Waals surface area contributed by atoms with Gasteiger partial charge in [-0.3, -0.25) is 9.69 Å². The van der Waals surface area contributed by atoms with Crippen LogP contribution in [-0.2, 0) is 11.3 Å². The Labute approximate surface area is 163 Å². The average Bonchev–Trinajstić information content (AvgIpc) is 2.62. The van der Waals surface area contributed by atoms with E-state index in [2.05, 4.69) is 45.9 Å². The van der Waals surface area contributed by atoms with Crippen LogP contribution in [0.4, 0.5) is 0 Å². The first kappa shape index (κ1) is 22.2. The van der Waals surface area contributed by atoms with Gasteiger partial charge < -0.3 is 10.6 Å². The molecule has 1 atom stereocenters. The number of halogens is 2. The SMILES string of the molecule is Cl.Cl.O=C(NCC1CCN(Cc2ccccc2)CC1)[C@H]1CCCCN1. The fraction of sp³-hybridized carbons (Fsp3) is 0.632. The van der Waals surface area contributed by atoms with Crippen molar-refractivity contribution in [1.29, 1.82) is 0 Å². The molecule has 0 radical (unpaired) electrons. The second-order valence-corrected chi connectivity index (χ2v) is 6.95. The molecular formula is C19H31Cl2N3O. The van der Waals surface area contributed by atoms with E-state index in [1.807, 2.05) is 0 Å². The molecule has 2 heterocycles. The smallest absolute Gasteiger partial charge is 0.237 e. The van der Waals surface area contributed by atoms with Crippen molar-refractivity contribution in [2.45, 2.75) is 44.7 Å². The molecule has 4 nitrogen and oxygen atoms in total. The van der Waals surface area contributed by atoms with Gasteiger partial charge >= 0.3 is 0 Å². The van der Waals surface area contributed by atoms with E-state index in [0.717, 1.165) is 39.1 Å². The molecule has 0 saturated carbocycles. The van der Waals surface area contributed by atoms with E-state index in [1.54, 1.807) is 0 Å². The van der Waals surface area contributed by atoms with Gasteiger partial charge in [0.15, 0.2) is 0 Å². The van der Waals surface area contributed by atoms with Gasteiger partial charge in [-0.05, 0) is 56.8 Å². The average molecular weight is 388 g/mol. The Bertz CT molecular complexity index is 487. The number of rotatable bonds is 5. The number of carbonyl (C=O) groups is 1. The summed E-state index contributed by atoms with van der Waals surface area (Å²) < 4.78 is 0. The number of nitrogens with one attached hydrogen (secondary N) is 2. The molecule has 1 aromatic rings. The highest BCUT2D eigenvalue weighted by atomic mass is 35.5. The van der Waals surface area contributed by atoms with Crippen molar-refractivity contribution in [3.05, 3.63) is 35.9 Å². The minimum atomic E-state index is 0. The van der Waals surface area contributed by atoms with Gasteiger partial charge in [0.2, 0.25) is 5.91 Å². The monoisotopic (exact) mass is 387 g/mol. The fourth-order valence-electron chi connectivity index (χ4n) is 3.63. The number of hydrogen-bond donors (Lipinski definition) is 2. The number of likely N-dealkylation sites (tertiary alicyclic amines) is 1. The van der Waals surface area contributed by atoms with Crippen LogP contribution in [-0.4, -0.2) is 43.0 Å². The first-order chi connectivity index (χ1) is 11.3. The molecule has 6 heteroatoms. The zero-order valence-corrected chi connectivity index (χ0v) is 16.4. The maximum Gasteiger partial charge on any atom is 0.237 e. The molecule has 2 saturated heterocycles. The molecule has 2 aliphatic heterocycles. The predicted octanol–water partition coefficient (Wildman–Crippen LogP) is 3.00. The number of piperidine rings is 2. The largest absolute Gasteiger partial charge is 0.354 e. The number of benzene rings is 1. The van der Waals surface area contributed by atoms with Crippen molar-refractivity contribution in [3.63, 3.8) is 0 Å². The van der Waals surface area contributed by atoms with Crippen LogP contribution >= 0.6 is 24.8 Å². The van der Waals surface area contributed by atoms with E-state index in [9.17, 15) is 4.79 Å². The van der Waals surface area contributed by atoms with E-state index < -0.39 is 0 Å². The highest BCUT2D eigenvalue weighted by Gasteiger charge is 2.23. The van der Waals surface area contributed by atoms with Crippen molar-refractivity contribution in [2.75, 3.05) is 26.2 Å². The van der Waals surface area contributed by atoms with Gasteiger partial charge in [0.1, 0.15) is 0 Å². The molecule has 1 aromatic carbocycles. The molecule has 2 aliphatic rings. The third kappa shape index (κ3) is 7.14. The van der Waals surface area contributed by atoms with E-state index in [-0.39, 0.29) is 36.8 Å². The summed E-state index contributed by atoms with van der Waals surface area (Å²) in [5.41, 5.74) is 1.39. The molecule has 2 N–H and O–H groups in total.